The topological polar surface area (TPSA) is 153 Å². The van der Waals surface area contributed by atoms with E-state index in [-0.39, 0.29) is 5.24 Å². The number of carbonyl (C=O) groups is 2. The second kappa shape index (κ2) is 10.7. The van der Waals surface area contributed by atoms with Crippen LogP contribution in [0.15, 0.2) is 41.7 Å². The molecule has 12 heteroatoms. The fourth-order valence-corrected chi connectivity index (χ4v) is 4.87. The lowest BCUT2D eigenvalue weighted by Gasteiger charge is -2.32. The van der Waals surface area contributed by atoms with Crippen LogP contribution < -0.4 is 15.5 Å². The number of thioether (sulfide) groups is 1. The minimum atomic E-state index is -0.396. The molecule has 3 N–H and O–H groups in total. The lowest BCUT2D eigenvalue weighted by atomic mass is 9.97. The molecule has 11 nitrogen and oxygen atoms in total. The number of imide groups is 1. The number of carbonyl (C=O) groups excluding carboxylic acids is 2. The Hall–Kier alpha value is -4.08. The summed E-state index contributed by atoms with van der Waals surface area (Å²) in [5.74, 6) is 0.744. The molecule has 3 aromatic rings. The number of piperidine rings is 1. The molecule has 0 atom stereocenters. The summed E-state index contributed by atoms with van der Waals surface area (Å²) in [5.41, 5.74) is 3.40. The van der Waals surface area contributed by atoms with E-state index in [1.807, 2.05) is 6.07 Å². The van der Waals surface area contributed by atoms with Gasteiger partial charge in [0.25, 0.3) is 11.1 Å². The molecule has 0 saturated carbocycles. The molecule has 0 aliphatic carbocycles. The molecule has 182 valence electrons. The van der Waals surface area contributed by atoms with Crippen LogP contribution >= 0.6 is 11.8 Å². The molecule has 0 aromatic carbocycles. The van der Waals surface area contributed by atoms with E-state index in [0.717, 1.165) is 55.5 Å². The zero-order valence-corrected chi connectivity index (χ0v) is 20.1. The molecule has 3 aromatic heterocycles. The summed E-state index contributed by atoms with van der Waals surface area (Å²) in [5, 5.41) is 21.6. The van der Waals surface area contributed by atoms with E-state index in [0.29, 0.717) is 40.3 Å². The Morgan fingerprint density at radius 3 is 2.81 bits per heavy atom. The van der Waals surface area contributed by atoms with Gasteiger partial charge in [0.2, 0.25) is 5.95 Å². The quantitative estimate of drug-likeness (QED) is 0.412. The van der Waals surface area contributed by atoms with Crippen LogP contribution in [0.4, 0.5) is 10.7 Å². The van der Waals surface area contributed by atoms with E-state index < -0.39 is 5.91 Å². The van der Waals surface area contributed by atoms with Gasteiger partial charge >= 0.3 is 0 Å². The Labute approximate surface area is 211 Å². The SMILES string of the molecule is N#Cc1cc(CNCC2CCN(c3nccc(C=C4SC(=O)NC4=O)n3)CC2)cnc1-c1ccn[nH]1. The van der Waals surface area contributed by atoms with Crippen molar-refractivity contribution >= 4 is 34.9 Å². The molecular formula is C24H23N9O2S. The van der Waals surface area contributed by atoms with Gasteiger partial charge in [-0.2, -0.15) is 10.4 Å². The molecule has 2 saturated heterocycles. The summed E-state index contributed by atoms with van der Waals surface area (Å²) in [7, 11) is 0. The van der Waals surface area contributed by atoms with Gasteiger partial charge in [-0.25, -0.2) is 9.97 Å². The van der Waals surface area contributed by atoms with Gasteiger partial charge in [-0.05, 0) is 66.9 Å². The number of amides is 2. The number of rotatable bonds is 7. The number of aromatic amines is 1. The van der Waals surface area contributed by atoms with Gasteiger partial charge in [0, 0.05) is 38.2 Å². The Kier molecular flexibility index (Phi) is 7.01. The fourth-order valence-electron chi connectivity index (χ4n) is 4.20. The van der Waals surface area contributed by atoms with E-state index in [2.05, 4.69) is 46.8 Å². The third-order valence-electron chi connectivity index (χ3n) is 6.07. The van der Waals surface area contributed by atoms with E-state index in [9.17, 15) is 14.9 Å². The summed E-state index contributed by atoms with van der Waals surface area (Å²) in [4.78, 5) is 39.0. The molecule has 0 unspecified atom stereocenters. The first-order valence-corrected chi connectivity index (χ1v) is 12.3. The number of nitriles is 1. The van der Waals surface area contributed by atoms with Crippen LogP contribution in [-0.4, -0.2) is 55.9 Å². The van der Waals surface area contributed by atoms with Gasteiger partial charge in [0.05, 0.1) is 21.9 Å². The van der Waals surface area contributed by atoms with Crippen molar-refractivity contribution in [3.05, 3.63) is 58.5 Å². The molecule has 0 bridgehead atoms. The average Bonchev–Trinajstić information content (AvgIpc) is 3.54. The van der Waals surface area contributed by atoms with Gasteiger partial charge in [0.1, 0.15) is 11.8 Å². The highest BCUT2D eigenvalue weighted by atomic mass is 32.2. The number of pyridine rings is 1. The van der Waals surface area contributed by atoms with Crippen molar-refractivity contribution in [3.8, 4) is 17.5 Å². The molecule has 2 aliphatic heterocycles. The number of hydrogen-bond donors (Lipinski definition) is 3. The third-order valence-corrected chi connectivity index (χ3v) is 6.88. The number of anilines is 1. The third kappa shape index (κ3) is 5.42. The normalized spacial score (nSPS) is 17.4. The number of aromatic nitrogens is 5. The lowest BCUT2D eigenvalue weighted by Crippen LogP contribution is -2.38. The van der Waals surface area contributed by atoms with E-state index in [4.69, 9.17) is 0 Å². The van der Waals surface area contributed by atoms with Gasteiger partial charge in [-0.15, -0.1) is 0 Å². The number of nitrogens with one attached hydrogen (secondary N) is 3. The Balaban J connectivity index is 1.12. The maximum Gasteiger partial charge on any atom is 0.290 e. The minimum absolute atomic E-state index is 0.336. The highest BCUT2D eigenvalue weighted by Gasteiger charge is 2.25. The molecule has 2 amide bonds. The van der Waals surface area contributed by atoms with Crippen LogP contribution in [0.3, 0.4) is 0 Å². The summed E-state index contributed by atoms with van der Waals surface area (Å²) in [6.07, 6.45) is 8.70. The molecule has 36 heavy (non-hydrogen) atoms. The summed E-state index contributed by atoms with van der Waals surface area (Å²) in [6.45, 7) is 3.17. The molecule has 2 fully saturated rings. The first-order valence-electron chi connectivity index (χ1n) is 11.5. The van der Waals surface area contributed by atoms with E-state index in [1.54, 1.807) is 36.8 Å². The van der Waals surface area contributed by atoms with E-state index in [1.165, 1.54) is 0 Å². The van der Waals surface area contributed by atoms with Crippen LogP contribution in [0.2, 0.25) is 0 Å². The molecule has 0 spiro atoms. The highest BCUT2D eigenvalue weighted by Crippen LogP contribution is 2.26. The predicted molar refractivity (Wildman–Crippen MR) is 134 cm³/mol. The van der Waals surface area contributed by atoms with Crippen LogP contribution in [0, 0.1) is 17.2 Å². The monoisotopic (exact) mass is 501 g/mol. The molecule has 2 aliphatic rings. The number of nitrogens with zero attached hydrogens (tertiary/aromatic N) is 6. The minimum Gasteiger partial charge on any atom is -0.341 e. The van der Waals surface area contributed by atoms with Crippen LogP contribution in [0.1, 0.15) is 29.7 Å². The zero-order valence-electron chi connectivity index (χ0n) is 19.3. The number of H-pyrrole nitrogens is 1. The maximum atomic E-state index is 11.8. The number of hydrogen-bond acceptors (Lipinski definition) is 10. The maximum absolute atomic E-state index is 11.8. The van der Waals surface area contributed by atoms with Crippen molar-refractivity contribution in [1.82, 2.24) is 35.8 Å². The second-order valence-electron chi connectivity index (χ2n) is 8.52. The van der Waals surface area contributed by atoms with Crippen LogP contribution in [0.25, 0.3) is 17.5 Å². The molecule has 0 radical (unpaired) electrons. The van der Waals surface area contributed by atoms with Crippen molar-refractivity contribution in [1.29, 1.82) is 5.26 Å². The van der Waals surface area contributed by atoms with Gasteiger partial charge in [0.15, 0.2) is 0 Å². The van der Waals surface area contributed by atoms with Crippen LogP contribution in [-0.2, 0) is 11.3 Å². The summed E-state index contributed by atoms with van der Waals surface area (Å²) in [6, 6.07) is 7.59. The van der Waals surface area contributed by atoms with Crippen molar-refractivity contribution in [2.45, 2.75) is 19.4 Å². The van der Waals surface area contributed by atoms with Gasteiger partial charge in [-0.3, -0.25) is 25.0 Å². The largest absolute Gasteiger partial charge is 0.341 e. The van der Waals surface area contributed by atoms with Gasteiger partial charge in [-0.1, -0.05) is 0 Å². The zero-order chi connectivity index (χ0) is 24.9. The lowest BCUT2D eigenvalue weighted by molar-refractivity contribution is -0.115. The Bertz CT molecular complexity index is 1340. The fraction of sp³-hybridized carbons (Fsp3) is 0.292. The summed E-state index contributed by atoms with van der Waals surface area (Å²) < 4.78 is 0. The van der Waals surface area contributed by atoms with E-state index >= 15 is 0 Å². The second-order valence-corrected chi connectivity index (χ2v) is 9.53. The average molecular weight is 502 g/mol. The predicted octanol–water partition coefficient (Wildman–Crippen LogP) is 2.46. The van der Waals surface area contributed by atoms with Crippen molar-refractivity contribution in [2.75, 3.05) is 24.5 Å². The molecule has 5 rings (SSSR count). The molecule has 5 heterocycles. The van der Waals surface area contributed by atoms with Crippen molar-refractivity contribution in [2.24, 2.45) is 5.92 Å². The Morgan fingerprint density at radius 1 is 1.22 bits per heavy atom. The molecular weight excluding hydrogens is 478 g/mol. The smallest absolute Gasteiger partial charge is 0.290 e. The summed E-state index contributed by atoms with van der Waals surface area (Å²) >= 11 is 0.875. The van der Waals surface area contributed by atoms with Crippen molar-refractivity contribution in [3.63, 3.8) is 0 Å². The first kappa shape index (κ1) is 23.7. The van der Waals surface area contributed by atoms with Gasteiger partial charge < -0.3 is 10.2 Å². The Morgan fingerprint density at radius 2 is 2.08 bits per heavy atom. The van der Waals surface area contributed by atoms with Crippen molar-refractivity contribution < 1.29 is 9.59 Å². The first-order chi connectivity index (χ1) is 17.6. The van der Waals surface area contributed by atoms with Crippen LogP contribution in [0.5, 0.6) is 0 Å². The highest BCUT2D eigenvalue weighted by molar-refractivity contribution is 8.18. The standard InChI is InChI=1S/C24H23N9O2S/c25-11-17-9-16(14-28-21(17)19-2-6-29-32-19)13-26-12-15-3-7-33(8-4-15)23-27-5-1-18(30-23)10-20-22(34)31-24(35)36-20/h1-2,5-6,9-10,14-15,26H,3-4,7-8,12-13H2,(H,29,32)(H,31,34,35).